The molecular weight excluding hydrogens is 358 g/mol. The number of ether oxygens (including phenoxy) is 1. The van der Waals surface area contributed by atoms with Crippen molar-refractivity contribution in [1.29, 1.82) is 0 Å². The molecule has 0 aliphatic heterocycles. The lowest BCUT2D eigenvalue weighted by molar-refractivity contribution is -0.119. The van der Waals surface area contributed by atoms with Crippen LogP contribution in [0.25, 0.3) is 10.9 Å². The maximum Gasteiger partial charge on any atom is 0.340 e. The van der Waals surface area contributed by atoms with Gasteiger partial charge < -0.3 is 9.26 Å². The number of esters is 1. The molecular formula is C21H23N3O4. The van der Waals surface area contributed by atoms with E-state index in [4.69, 9.17) is 9.26 Å². The van der Waals surface area contributed by atoms with Crippen LogP contribution in [-0.4, -0.2) is 28.6 Å². The Bertz CT molecular complexity index is 1050. The van der Waals surface area contributed by atoms with Crippen molar-refractivity contribution in [1.82, 2.24) is 10.1 Å². The number of anilines is 1. The summed E-state index contributed by atoms with van der Waals surface area (Å²) in [4.78, 5) is 29.1. The molecule has 0 spiro atoms. The number of nitrogens with one attached hydrogen (secondary N) is 1. The van der Waals surface area contributed by atoms with Crippen molar-refractivity contribution in [3.8, 4) is 0 Å². The minimum atomic E-state index is -0.587. The molecule has 0 radical (unpaired) electrons. The van der Waals surface area contributed by atoms with Crippen LogP contribution in [0.2, 0.25) is 0 Å². The highest BCUT2D eigenvalue weighted by Crippen LogP contribution is 2.24. The van der Waals surface area contributed by atoms with Crippen LogP contribution < -0.4 is 5.32 Å². The van der Waals surface area contributed by atoms with E-state index in [2.05, 4.69) is 15.5 Å². The molecule has 3 aromatic rings. The monoisotopic (exact) mass is 381 g/mol. The van der Waals surface area contributed by atoms with Crippen molar-refractivity contribution >= 4 is 28.7 Å². The summed E-state index contributed by atoms with van der Waals surface area (Å²) in [7, 11) is 0. The number of aromatic nitrogens is 2. The number of rotatable bonds is 4. The van der Waals surface area contributed by atoms with E-state index in [9.17, 15) is 9.59 Å². The Balaban J connectivity index is 1.68. The maximum absolute atomic E-state index is 12.5. The van der Waals surface area contributed by atoms with Gasteiger partial charge >= 0.3 is 5.97 Å². The quantitative estimate of drug-likeness (QED) is 0.688. The second-order valence-electron chi connectivity index (χ2n) is 7.67. The molecule has 1 aromatic carbocycles. The van der Waals surface area contributed by atoms with Gasteiger partial charge in [0.05, 0.1) is 22.5 Å². The largest absolute Gasteiger partial charge is 0.452 e. The Hall–Kier alpha value is -3.22. The van der Waals surface area contributed by atoms with Crippen molar-refractivity contribution in [2.45, 2.75) is 40.0 Å². The molecule has 0 aliphatic carbocycles. The van der Waals surface area contributed by atoms with E-state index in [1.165, 1.54) is 0 Å². The van der Waals surface area contributed by atoms with Crippen LogP contribution in [-0.2, 0) is 14.9 Å². The Kier molecular flexibility index (Phi) is 5.18. The molecule has 0 aliphatic rings. The first kappa shape index (κ1) is 19.5. The second kappa shape index (κ2) is 7.42. The van der Waals surface area contributed by atoms with E-state index in [0.717, 1.165) is 16.5 Å². The van der Waals surface area contributed by atoms with Crippen molar-refractivity contribution in [3.05, 3.63) is 52.8 Å². The molecule has 0 unspecified atom stereocenters. The molecule has 28 heavy (non-hydrogen) atoms. The topological polar surface area (TPSA) is 94.3 Å². The van der Waals surface area contributed by atoms with E-state index in [-0.39, 0.29) is 11.3 Å². The van der Waals surface area contributed by atoms with Crippen molar-refractivity contribution in [2.75, 3.05) is 11.9 Å². The smallest absolute Gasteiger partial charge is 0.340 e. The lowest BCUT2D eigenvalue weighted by atomic mass is 9.92. The van der Waals surface area contributed by atoms with Gasteiger partial charge in [0.25, 0.3) is 5.91 Å². The molecule has 146 valence electrons. The average molecular weight is 381 g/mol. The molecule has 7 nitrogen and oxygen atoms in total. The number of aryl methyl sites for hydroxylation is 2. The number of amides is 1. The van der Waals surface area contributed by atoms with Gasteiger partial charge in [0, 0.05) is 16.9 Å². The number of benzene rings is 1. The normalized spacial score (nSPS) is 11.5. The van der Waals surface area contributed by atoms with E-state index in [1.807, 2.05) is 52.0 Å². The van der Waals surface area contributed by atoms with Crippen LogP contribution >= 0.6 is 0 Å². The zero-order valence-corrected chi connectivity index (χ0v) is 16.6. The summed E-state index contributed by atoms with van der Waals surface area (Å²) < 4.78 is 10.3. The second-order valence-corrected chi connectivity index (χ2v) is 7.67. The molecule has 1 amide bonds. The van der Waals surface area contributed by atoms with Gasteiger partial charge in [0.2, 0.25) is 5.88 Å². The fourth-order valence-electron chi connectivity index (χ4n) is 2.90. The average Bonchev–Trinajstić information content (AvgIpc) is 3.09. The van der Waals surface area contributed by atoms with Gasteiger partial charge in [0.15, 0.2) is 6.61 Å². The van der Waals surface area contributed by atoms with Crippen LogP contribution in [0.4, 0.5) is 5.88 Å². The van der Waals surface area contributed by atoms with Crippen LogP contribution in [0, 0.1) is 13.8 Å². The third-order valence-corrected chi connectivity index (χ3v) is 4.41. The van der Waals surface area contributed by atoms with Gasteiger partial charge in [0.1, 0.15) is 0 Å². The van der Waals surface area contributed by atoms with Crippen molar-refractivity contribution in [3.63, 3.8) is 0 Å². The zero-order valence-electron chi connectivity index (χ0n) is 16.6. The number of fused-ring (bicyclic) bond motifs is 1. The van der Waals surface area contributed by atoms with E-state index < -0.39 is 18.5 Å². The standard InChI is InChI=1S/C21H23N3O4/c1-12-14-8-6-7-9-15(14)22-13(2)19(12)20(26)27-11-17(25)23-18-10-16(24-28-18)21(3,4)5/h6-10H,11H2,1-5H3,(H,23,25). The van der Waals surface area contributed by atoms with Gasteiger partial charge in [-0.25, -0.2) is 4.79 Å². The summed E-state index contributed by atoms with van der Waals surface area (Å²) in [6.07, 6.45) is 0. The fourth-order valence-corrected chi connectivity index (χ4v) is 2.90. The van der Waals surface area contributed by atoms with Crippen LogP contribution in [0.3, 0.4) is 0 Å². The van der Waals surface area contributed by atoms with E-state index in [0.29, 0.717) is 17.0 Å². The summed E-state index contributed by atoms with van der Waals surface area (Å²) >= 11 is 0. The van der Waals surface area contributed by atoms with Gasteiger partial charge in [-0.15, -0.1) is 0 Å². The highest BCUT2D eigenvalue weighted by atomic mass is 16.5. The lowest BCUT2D eigenvalue weighted by Crippen LogP contribution is -2.21. The molecule has 0 saturated carbocycles. The molecule has 0 atom stereocenters. The molecule has 0 saturated heterocycles. The third kappa shape index (κ3) is 4.03. The summed E-state index contributed by atoms with van der Waals surface area (Å²) in [6, 6.07) is 9.23. The van der Waals surface area contributed by atoms with Gasteiger partial charge in [-0.05, 0) is 25.5 Å². The first-order valence-corrected chi connectivity index (χ1v) is 8.97. The lowest BCUT2D eigenvalue weighted by Gasteiger charge is -2.12. The first-order chi connectivity index (χ1) is 13.2. The number of pyridine rings is 1. The molecule has 7 heteroatoms. The predicted octanol–water partition coefficient (Wildman–Crippen LogP) is 3.93. The number of hydrogen-bond acceptors (Lipinski definition) is 6. The minimum Gasteiger partial charge on any atom is -0.452 e. The zero-order chi connectivity index (χ0) is 20.5. The fraction of sp³-hybridized carbons (Fsp3) is 0.333. The minimum absolute atomic E-state index is 0.197. The van der Waals surface area contributed by atoms with Gasteiger partial charge in [-0.3, -0.25) is 15.1 Å². The predicted molar refractivity (Wildman–Crippen MR) is 105 cm³/mol. The number of carbonyl (C=O) groups excluding carboxylic acids is 2. The van der Waals surface area contributed by atoms with Crippen LogP contribution in [0.15, 0.2) is 34.9 Å². The number of hydrogen-bond donors (Lipinski definition) is 1. The highest BCUT2D eigenvalue weighted by Gasteiger charge is 2.21. The Morgan fingerprint density at radius 3 is 2.57 bits per heavy atom. The number of para-hydroxylation sites is 1. The summed E-state index contributed by atoms with van der Waals surface area (Å²) in [5, 5.41) is 7.34. The molecule has 2 aromatic heterocycles. The summed E-state index contributed by atoms with van der Waals surface area (Å²) in [6.45, 7) is 9.12. The number of nitrogens with zero attached hydrogens (tertiary/aromatic N) is 2. The third-order valence-electron chi connectivity index (χ3n) is 4.41. The van der Waals surface area contributed by atoms with E-state index >= 15 is 0 Å². The molecule has 0 bridgehead atoms. The van der Waals surface area contributed by atoms with Crippen LogP contribution in [0.1, 0.15) is 48.1 Å². The Morgan fingerprint density at radius 1 is 1.18 bits per heavy atom. The van der Waals surface area contributed by atoms with Gasteiger partial charge in [-0.1, -0.05) is 44.1 Å². The molecule has 0 fully saturated rings. The Labute approximate surface area is 163 Å². The summed E-state index contributed by atoms with van der Waals surface area (Å²) in [5.74, 6) is -0.879. The molecule has 3 rings (SSSR count). The number of carbonyl (C=O) groups is 2. The maximum atomic E-state index is 12.5. The van der Waals surface area contributed by atoms with Gasteiger partial charge in [-0.2, -0.15) is 0 Å². The highest BCUT2D eigenvalue weighted by molar-refractivity contribution is 5.99. The van der Waals surface area contributed by atoms with Crippen molar-refractivity contribution in [2.24, 2.45) is 0 Å². The molecule has 2 heterocycles. The first-order valence-electron chi connectivity index (χ1n) is 8.97. The SMILES string of the molecule is Cc1nc2ccccc2c(C)c1C(=O)OCC(=O)Nc1cc(C(C)(C)C)no1. The van der Waals surface area contributed by atoms with E-state index in [1.54, 1.807) is 13.0 Å². The van der Waals surface area contributed by atoms with Crippen LogP contribution in [0.5, 0.6) is 0 Å². The van der Waals surface area contributed by atoms with Crippen molar-refractivity contribution < 1.29 is 18.8 Å². The molecule has 1 N–H and O–H groups in total. The Morgan fingerprint density at radius 2 is 1.89 bits per heavy atom. The summed E-state index contributed by atoms with van der Waals surface area (Å²) in [5.41, 5.74) is 3.04.